The third-order valence-corrected chi connectivity index (χ3v) is 2.96. The lowest BCUT2D eigenvalue weighted by atomic mass is 10.3. The Hall–Kier alpha value is -1.75. The quantitative estimate of drug-likeness (QED) is 0.278. The first-order chi connectivity index (χ1) is 8.21. The van der Waals surface area contributed by atoms with E-state index in [1.54, 1.807) is 0 Å². The third-order valence-electron chi connectivity index (χ3n) is 1.85. The molecule has 0 aliphatic rings. The van der Waals surface area contributed by atoms with Gasteiger partial charge in [-0.2, -0.15) is 4.39 Å². The van der Waals surface area contributed by atoms with E-state index in [1.165, 1.54) is 0 Å². The van der Waals surface area contributed by atoms with Crippen LogP contribution in [0.1, 0.15) is 0 Å². The second kappa shape index (κ2) is 4.86. The minimum Gasteiger partial charge on any atom is -0.476 e. The number of halogens is 4. The van der Waals surface area contributed by atoms with Gasteiger partial charge in [0.05, 0.1) is 0 Å². The van der Waals surface area contributed by atoms with E-state index in [0.717, 1.165) is 0 Å². The summed E-state index contributed by atoms with van der Waals surface area (Å²) in [4.78, 5) is -1.41. The SMILES string of the molecule is C#CCOc1c(F)c(F)c(F)c(F)c1S(C)(=O)=O. The molecule has 0 amide bonds. The van der Waals surface area contributed by atoms with Gasteiger partial charge in [0.25, 0.3) is 0 Å². The van der Waals surface area contributed by atoms with E-state index >= 15 is 0 Å². The molecule has 0 N–H and O–H groups in total. The van der Waals surface area contributed by atoms with Crippen molar-refractivity contribution in [3.05, 3.63) is 23.3 Å². The Kier molecular flexibility index (Phi) is 3.86. The maximum Gasteiger partial charge on any atom is 0.205 e. The Morgan fingerprint density at radius 2 is 1.61 bits per heavy atom. The molecule has 8 heteroatoms. The molecule has 98 valence electrons. The number of benzene rings is 1. The zero-order valence-corrected chi connectivity index (χ0v) is 9.75. The van der Waals surface area contributed by atoms with Crippen LogP contribution in [-0.4, -0.2) is 21.3 Å². The van der Waals surface area contributed by atoms with Gasteiger partial charge in [-0.25, -0.2) is 21.6 Å². The number of hydrogen-bond acceptors (Lipinski definition) is 3. The summed E-state index contributed by atoms with van der Waals surface area (Å²) in [5.41, 5.74) is 0. The van der Waals surface area contributed by atoms with Crippen LogP contribution in [-0.2, 0) is 9.84 Å². The Morgan fingerprint density at radius 1 is 1.11 bits per heavy atom. The van der Waals surface area contributed by atoms with Crippen molar-refractivity contribution in [2.45, 2.75) is 4.90 Å². The summed E-state index contributed by atoms with van der Waals surface area (Å²) in [6.45, 7) is -0.635. The lowest BCUT2D eigenvalue weighted by Gasteiger charge is -2.11. The van der Waals surface area contributed by atoms with Crippen molar-refractivity contribution >= 4 is 9.84 Å². The molecule has 1 rings (SSSR count). The molecule has 0 aromatic heterocycles. The fraction of sp³-hybridized carbons (Fsp3) is 0.200. The first-order valence-corrected chi connectivity index (χ1v) is 6.23. The summed E-state index contributed by atoms with van der Waals surface area (Å²) in [5, 5.41) is 0. The Bertz CT molecular complexity index is 632. The van der Waals surface area contributed by atoms with Gasteiger partial charge in [-0.15, -0.1) is 6.42 Å². The second-order valence-corrected chi connectivity index (χ2v) is 5.13. The summed E-state index contributed by atoms with van der Waals surface area (Å²) in [5.74, 6) is -7.83. The minimum atomic E-state index is -4.37. The fourth-order valence-electron chi connectivity index (χ4n) is 1.17. The summed E-state index contributed by atoms with van der Waals surface area (Å²) in [6, 6.07) is 0. The molecule has 0 unspecified atom stereocenters. The maximum atomic E-state index is 13.3. The molecule has 0 aliphatic carbocycles. The van der Waals surface area contributed by atoms with Gasteiger partial charge < -0.3 is 4.74 Å². The lowest BCUT2D eigenvalue weighted by molar-refractivity contribution is 0.306. The second-order valence-electron chi connectivity index (χ2n) is 3.18. The molecule has 0 saturated heterocycles. The van der Waals surface area contributed by atoms with Gasteiger partial charge in [0, 0.05) is 6.26 Å². The molecule has 0 bridgehead atoms. The molecule has 0 fully saturated rings. The molecule has 0 spiro atoms. The minimum absolute atomic E-state index is 0.491. The van der Waals surface area contributed by atoms with Crippen LogP contribution >= 0.6 is 0 Å². The van der Waals surface area contributed by atoms with Gasteiger partial charge in [-0.3, -0.25) is 0 Å². The molecule has 3 nitrogen and oxygen atoms in total. The Morgan fingerprint density at radius 3 is 2.06 bits per heavy atom. The van der Waals surface area contributed by atoms with Gasteiger partial charge in [-0.1, -0.05) is 5.92 Å². The number of terminal acetylenes is 1. The average molecular weight is 282 g/mol. The van der Waals surface area contributed by atoms with Crippen molar-refractivity contribution in [1.29, 1.82) is 0 Å². The van der Waals surface area contributed by atoms with E-state index in [-0.39, 0.29) is 0 Å². The Labute approximate surface area is 100 Å². The highest BCUT2D eigenvalue weighted by molar-refractivity contribution is 7.90. The highest BCUT2D eigenvalue weighted by Gasteiger charge is 2.31. The van der Waals surface area contributed by atoms with Crippen LogP contribution in [0.2, 0.25) is 0 Å². The topological polar surface area (TPSA) is 43.4 Å². The van der Waals surface area contributed by atoms with Crippen molar-refractivity contribution < 1.29 is 30.7 Å². The highest BCUT2D eigenvalue weighted by Crippen LogP contribution is 2.33. The fourth-order valence-corrected chi connectivity index (χ4v) is 2.07. The standard InChI is InChI=1S/C10H6F4O3S/c1-3-4-17-9-7(13)5(11)6(12)8(14)10(9)18(2,15)16/h1H,4H2,2H3. The van der Waals surface area contributed by atoms with Gasteiger partial charge in [-0.05, 0) is 0 Å². The van der Waals surface area contributed by atoms with Crippen LogP contribution in [0, 0.1) is 35.6 Å². The van der Waals surface area contributed by atoms with Crippen molar-refractivity contribution in [2.75, 3.05) is 12.9 Å². The van der Waals surface area contributed by atoms with Crippen LogP contribution in [0.5, 0.6) is 5.75 Å². The normalized spacial score (nSPS) is 11.1. The predicted octanol–water partition coefficient (Wildman–Crippen LogP) is 1.66. The van der Waals surface area contributed by atoms with Crippen LogP contribution in [0.4, 0.5) is 17.6 Å². The largest absolute Gasteiger partial charge is 0.476 e. The molecular weight excluding hydrogens is 276 g/mol. The summed E-state index contributed by atoms with van der Waals surface area (Å²) < 4.78 is 79.4. The lowest BCUT2D eigenvalue weighted by Crippen LogP contribution is -2.12. The van der Waals surface area contributed by atoms with E-state index in [0.29, 0.717) is 6.26 Å². The number of sulfone groups is 1. The predicted molar refractivity (Wildman–Crippen MR) is 53.7 cm³/mol. The molecular formula is C10H6F4O3S. The van der Waals surface area contributed by atoms with Crippen LogP contribution in [0.3, 0.4) is 0 Å². The zero-order chi connectivity index (χ0) is 14.1. The van der Waals surface area contributed by atoms with Crippen molar-refractivity contribution in [3.8, 4) is 18.1 Å². The first-order valence-electron chi connectivity index (χ1n) is 4.34. The van der Waals surface area contributed by atoms with Gasteiger partial charge in [0.2, 0.25) is 11.6 Å². The Balaban J connectivity index is 3.72. The number of hydrogen-bond donors (Lipinski definition) is 0. The van der Waals surface area contributed by atoms with Crippen LogP contribution in [0.25, 0.3) is 0 Å². The zero-order valence-electron chi connectivity index (χ0n) is 8.93. The van der Waals surface area contributed by atoms with Crippen molar-refractivity contribution in [2.24, 2.45) is 0 Å². The van der Waals surface area contributed by atoms with Crippen LogP contribution in [0.15, 0.2) is 4.90 Å². The number of rotatable bonds is 3. The van der Waals surface area contributed by atoms with Gasteiger partial charge in [0.1, 0.15) is 6.61 Å². The average Bonchev–Trinajstić information content (AvgIpc) is 2.27. The molecule has 0 aliphatic heterocycles. The molecule has 0 saturated carbocycles. The molecule has 1 aromatic carbocycles. The van der Waals surface area contributed by atoms with E-state index in [4.69, 9.17) is 6.42 Å². The molecule has 0 radical (unpaired) electrons. The maximum absolute atomic E-state index is 13.3. The summed E-state index contributed by atoms with van der Waals surface area (Å²) >= 11 is 0. The molecule has 1 aromatic rings. The highest BCUT2D eigenvalue weighted by atomic mass is 32.2. The summed E-state index contributed by atoms with van der Waals surface area (Å²) in [6.07, 6.45) is 5.27. The van der Waals surface area contributed by atoms with E-state index in [1.807, 2.05) is 5.92 Å². The monoisotopic (exact) mass is 282 g/mol. The van der Waals surface area contributed by atoms with E-state index in [9.17, 15) is 26.0 Å². The number of ether oxygens (including phenoxy) is 1. The summed E-state index contributed by atoms with van der Waals surface area (Å²) in [7, 11) is -4.37. The van der Waals surface area contributed by atoms with Gasteiger partial charge >= 0.3 is 0 Å². The first kappa shape index (κ1) is 14.3. The van der Waals surface area contributed by atoms with Crippen LogP contribution < -0.4 is 4.74 Å². The van der Waals surface area contributed by atoms with E-state index < -0.39 is 50.4 Å². The van der Waals surface area contributed by atoms with E-state index in [2.05, 4.69) is 4.74 Å². The van der Waals surface area contributed by atoms with Crippen molar-refractivity contribution in [3.63, 3.8) is 0 Å². The molecule has 18 heavy (non-hydrogen) atoms. The molecule has 0 atom stereocenters. The molecule has 0 heterocycles. The van der Waals surface area contributed by atoms with Crippen molar-refractivity contribution in [1.82, 2.24) is 0 Å². The third kappa shape index (κ3) is 2.41. The smallest absolute Gasteiger partial charge is 0.205 e. The van der Waals surface area contributed by atoms with Gasteiger partial charge in [0.15, 0.2) is 32.1 Å².